The van der Waals surface area contributed by atoms with Crippen LogP contribution in [0.25, 0.3) is 0 Å². The number of hydrogen-bond acceptors (Lipinski definition) is 6. The highest BCUT2D eigenvalue weighted by Gasteiger charge is 2.19. The van der Waals surface area contributed by atoms with E-state index in [1.165, 1.54) is 186 Å². The van der Waals surface area contributed by atoms with Gasteiger partial charge in [-0.05, 0) is 31.1 Å². The van der Waals surface area contributed by atoms with Gasteiger partial charge in [0.1, 0.15) is 13.2 Å². The standard InChI is InChI=1S/C54H104O6/c1-6-7-8-9-10-11-12-13-16-19-24-29-34-39-44-52(55)58-47-51(60-54(57)46-41-36-31-26-21-23-28-33-38-43-50(4)5)48-59-53(56)45-40-35-30-25-20-17-14-15-18-22-27-32-37-42-49(2)3/h49-51H,6-48H2,1-5H3/t51-/m0/s1. The van der Waals surface area contributed by atoms with Crippen LogP contribution in [0.1, 0.15) is 298 Å². The summed E-state index contributed by atoms with van der Waals surface area (Å²) in [5, 5.41) is 0. The highest BCUT2D eigenvalue weighted by molar-refractivity contribution is 5.71. The van der Waals surface area contributed by atoms with Crippen molar-refractivity contribution >= 4 is 17.9 Å². The molecule has 0 aromatic heterocycles. The molecule has 0 N–H and O–H groups in total. The van der Waals surface area contributed by atoms with Gasteiger partial charge in [0.15, 0.2) is 6.10 Å². The Hall–Kier alpha value is -1.59. The van der Waals surface area contributed by atoms with Crippen LogP contribution in [0.15, 0.2) is 0 Å². The maximum absolute atomic E-state index is 12.8. The Labute approximate surface area is 374 Å². The van der Waals surface area contributed by atoms with E-state index in [1.54, 1.807) is 0 Å². The molecule has 0 aromatic carbocycles. The second-order valence-corrected chi connectivity index (χ2v) is 19.5. The summed E-state index contributed by atoms with van der Waals surface area (Å²) in [6, 6.07) is 0. The van der Waals surface area contributed by atoms with Crippen molar-refractivity contribution in [1.29, 1.82) is 0 Å². The molecule has 6 nitrogen and oxygen atoms in total. The minimum atomic E-state index is -0.762. The lowest BCUT2D eigenvalue weighted by Crippen LogP contribution is -2.30. The quantitative estimate of drug-likeness (QED) is 0.0345. The highest BCUT2D eigenvalue weighted by Crippen LogP contribution is 2.17. The largest absolute Gasteiger partial charge is 0.462 e. The van der Waals surface area contributed by atoms with Gasteiger partial charge in [0.05, 0.1) is 0 Å². The van der Waals surface area contributed by atoms with Crippen molar-refractivity contribution in [3.8, 4) is 0 Å². The first kappa shape index (κ1) is 58.4. The minimum absolute atomic E-state index is 0.0636. The molecule has 6 heteroatoms. The molecule has 1 atom stereocenters. The van der Waals surface area contributed by atoms with Gasteiger partial charge < -0.3 is 14.2 Å². The average Bonchev–Trinajstić information content (AvgIpc) is 3.22. The molecule has 0 spiro atoms. The molecule has 0 bridgehead atoms. The lowest BCUT2D eigenvalue weighted by molar-refractivity contribution is -0.167. The van der Waals surface area contributed by atoms with Gasteiger partial charge in [-0.25, -0.2) is 0 Å². The fourth-order valence-corrected chi connectivity index (χ4v) is 8.17. The zero-order valence-electron chi connectivity index (χ0n) is 41.1. The van der Waals surface area contributed by atoms with Gasteiger partial charge in [0, 0.05) is 19.3 Å². The van der Waals surface area contributed by atoms with Gasteiger partial charge in [-0.1, -0.05) is 259 Å². The molecule has 0 aliphatic rings. The van der Waals surface area contributed by atoms with Crippen molar-refractivity contribution in [2.24, 2.45) is 11.8 Å². The summed E-state index contributed by atoms with van der Waals surface area (Å²) >= 11 is 0. The molecule has 0 aliphatic heterocycles. The lowest BCUT2D eigenvalue weighted by Gasteiger charge is -2.18. The Kier molecular flexibility index (Phi) is 45.7. The molecule has 0 fully saturated rings. The maximum Gasteiger partial charge on any atom is 0.306 e. The van der Waals surface area contributed by atoms with Crippen molar-refractivity contribution in [3.05, 3.63) is 0 Å². The van der Waals surface area contributed by atoms with Crippen LogP contribution in [0.3, 0.4) is 0 Å². The molecule has 0 aromatic rings. The number of carbonyl (C=O) groups excluding carboxylic acids is 3. The van der Waals surface area contributed by atoms with Gasteiger partial charge in [0.25, 0.3) is 0 Å². The van der Waals surface area contributed by atoms with Crippen LogP contribution in [-0.2, 0) is 28.6 Å². The Morgan fingerprint density at radius 3 is 0.817 bits per heavy atom. The van der Waals surface area contributed by atoms with Gasteiger partial charge in [-0.2, -0.15) is 0 Å². The van der Waals surface area contributed by atoms with Gasteiger partial charge >= 0.3 is 17.9 Å². The number of rotatable bonds is 48. The van der Waals surface area contributed by atoms with Crippen LogP contribution in [0.5, 0.6) is 0 Å². The third kappa shape index (κ3) is 47.5. The van der Waals surface area contributed by atoms with E-state index in [9.17, 15) is 14.4 Å². The van der Waals surface area contributed by atoms with Crippen LogP contribution < -0.4 is 0 Å². The number of ether oxygens (including phenoxy) is 3. The van der Waals surface area contributed by atoms with Crippen molar-refractivity contribution in [1.82, 2.24) is 0 Å². The van der Waals surface area contributed by atoms with E-state index < -0.39 is 6.10 Å². The first-order valence-electron chi connectivity index (χ1n) is 26.7. The zero-order chi connectivity index (χ0) is 44.0. The van der Waals surface area contributed by atoms with Gasteiger partial charge in [0.2, 0.25) is 0 Å². The average molecular weight is 849 g/mol. The fourth-order valence-electron chi connectivity index (χ4n) is 8.17. The third-order valence-electron chi connectivity index (χ3n) is 12.2. The van der Waals surface area contributed by atoms with E-state index in [0.29, 0.717) is 19.3 Å². The van der Waals surface area contributed by atoms with E-state index >= 15 is 0 Å². The van der Waals surface area contributed by atoms with Crippen LogP contribution in [-0.4, -0.2) is 37.2 Å². The molecule has 0 rings (SSSR count). The summed E-state index contributed by atoms with van der Waals surface area (Å²) in [6.07, 6.45) is 48.0. The second kappa shape index (κ2) is 46.9. The topological polar surface area (TPSA) is 78.9 Å². The van der Waals surface area contributed by atoms with Crippen LogP contribution >= 0.6 is 0 Å². The molecule has 0 saturated carbocycles. The Morgan fingerprint density at radius 1 is 0.317 bits per heavy atom. The predicted molar refractivity (Wildman–Crippen MR) is 256 cm³/mol. The number of unbranched alkanes of at least 4 members (excludes halogenated alkanes) is 33. The molecule has 0 saturated heterocycles. The molecule has 356 valence electrons. The molecule has 0 radical (unpaired) electrons. The normalized spacial score (nSPS) is 12.1. The molecule has 0 unspecified atom stereocenters. The fraction of sp³-hybridized carbons (Fsp3) is 0.944. The Morgan fingerprint density at radius 2 is 0.550 bits per heavy atom. The van der Waals surface area contributed by atoms with Crippen LogP contribution in [0, 0.1) is 11.8 Å². The molecule has 0 heterocycles. The first-order chi connectivity index (χ1) is 29.2. The number of carbonyl (C=O) groups is 3. The molecule has 0 aliphatic carbocycles. The van der Waals surface area contributed by atoms with Crippen molar-refractivity contribution in [3.63, 3.8) is 0 Å². The maximum atomic E-state index is 12.8. The smallest absolute Gasteiger partial charge is 0.306 e. The van der Waals surface area contributed by atoms with Crippen molar-refractivity contribution < 1.29 is 28.6 Å². The minimum Gasteiger partial charge on any atom is -0.462 e. The monoisotopic (exact) mass is 849 g/mol. The number of esters is 3. The zero-order valence-corrected chi connectivity index (χ0v) is 41.1. The number of hydrogen-bond donors (Lipinski definition) is 0. The molecular formula is C54H104O6. The van der Waals surface area contributed by atoms with E-state index in [0.717, 1.165) is 69.6 Å². The predicted octanol–water partition coefficient (Wildman–Crippen LogP) is 17.3. The summed E-state index contributed by atoms with van der Waals surface area (Å²) < 4.78 is 16.8. The molecule has 0 amide bonds. The summed E-state index contributed by atoms with van der Waals surface area (Å²) in [7, 11) is 0. The first-order valence-corrected chi connectivity index (χ1v) is 26.7. The third-order valence-corrected chi connectivity index (χ3v) is 12.2. The van der Waals surface area contributed by atoms with Gasteiger partial charge in [-0.15, -0.1) is 0 Å². The van der Waals surface area contributed by atoms with E-state index in [2.05, 4.69) is 34.6 Å². The summed E-state index contributed by atoms with van der Waals surface area (Å²) in [5.41, 5.74) is 0. The Bertz CT molecular complexity index is 916. The van der Waals surface area contributed by atoms with Crippen LogP contribution in [0.4, 0.5) is 0 Å². The second-order valence-electron chi connectivity index (χ2n) is 19.5. The lowest BCUT2D eigenvalue weighted by atomic mass is 10.0. The SMILES string of the molecule is CCCCCCCCCCCCCCCCC(=O)OC[C@@H](COC(=O)CCCCCCCCCCCCCCCC(C)C)OC(=O)CCCCCCCCCCCC(C)C. The van der Waals surface area contributed by atoms with Crippen LogP contribution in [0.2, 0.25) is 0 Å². The van der Waals surface area contributed by atoms with E-state index in [4.69, 9.17) is 14.2 Å². The van der Waals surface area contributed by atoms with Crippen molar-refractivity contribution in [2.45, 2.75) is 304 Å². The van der Waals surface area contributed by atoms with E-state index in [-0.39, 0.29) is 31.1 Å². The van der Waals surface area contributed by atoms with Crippen molar-refractivity contribution in [2.75, 3.05) is 13.2 Å². The summed E-state index contributed by atoms with van der Waals surface area (Å²) in [4.78, 5) is 38.0. The molecule has 60 heavy (non-hydrogen) atoms. The van der Waals surface area contributed by atoms with Gasteiger partial charge in [-0.3, -0.25) is 14.4 Å². The van der Waals surface area contributed by atoms with E-state index in [1.807, 2.05) is 0 Å². The highest BCUT2D eigenvalue weighted by atomic mass is 16.6. The summed E-state index contributed by atoms with van der Waals surface area (Å²) in [5.74, 6) is 0.799. The Balaban J connectivity index is 4.29. The molecular weight excluding hydrogens is 745 g/mol. The summed E-state index contributed by atoms with van der Waals surface area (Å²) in [6.45, 7) is 11.4.